The molecule has 7 rings (SSSR count). The minimum absolute atomic E-state index is 0.166. The highest BCUT2D eigenvalue weighted by Crippen LogP contribution is 2.45. The standard InChI is InChI=1S/C29H27Cl2N3O6/c1-37-29(36)25-19-10-9-17(13-22(19)39-32-25)34-15-7-8-16(34)12-18(11-15)38-28(35)24-26(33-40-27(24)14-5-6-14)23-20(30)3-2-4-21(23)31/h2-4,9-10,13-16,18,24,27H,5-8,11-12H2,1H3/t15-,16+,18+,24?,27?. The van der Waals surface area contributed by atoms with Crippen LogP contribution in [-0.4, -0.2) is 54.2 Å². The lowest BCUT2D eigenvalue weighted by Gasteiger charge is -2.40. The number of piperidine rings is 1. The Bertz CT molecular complexity index is 1500. The monoisotopic (exact) mass is 583 g/mol. The molecule has 208 valence electrons. The maximum Gasteiger partial charge on any atom is 0.360 e. The third-order valence-electron chi connectivity index (χ3n) is 8.56. The third-order valence-corrected chi connectivity index (χ3v) is 9.19. The van der Waals surface area contributed by atoms with Crippen molar-refractivity contribution < 1.29 is 28.4 Å². The van der Waals surface area contributed by atoms with Gasteiger partial charge in [-0.1, -0.05) is 39.6 Å². The number of hydrogen-bond donors (Lipinski definition) is 0. The van der Waals surface area contributed by atoms with E-state index in [0.29, 0.717) is 45.1 Å². The second kappa shape index (κ2) is 9.96. The molecule has 0 radical (unpaired) electrons. The van der Waals surface area contributed by atoms with E-state index in [2.05, 4.69) is 15.2 Å². The quantitative estimate of drug-likeness (QED) is 0.336. The van der Waals surface area contributed by atoms with Crippen molar-refractivity contribution in [3.8, 4) is 0 Å². The fourth-order valence-corrected chi connectivity index (χ4v) is 7.17. The van der Waals surface area contributed by atoms with E-state index in [1.54, 1.807) is 18.2 Å². The van der Waals surface area contributed by atoms with Gasteiger partial charge in [-0.05, 0) is 55.9 Å². The molecule has 1 aromatic heterocycles. The van der Waals surface area contributed by atoms with Gasteiger partial charge in [-0.25, -0.2) is 4.79 Å². The summed E-state index contributed by atoms with van der Waals surface area (Å²) in [6.45, 7) is 0. The number of benzene rings is 2. The van der Waals surface area contributed by atoms with Gasteiger partial charge in [-0.3, -0.25) is 4.79 Å². The van der Waals surface area contributed by atoms with Gasteiger partial charge < -0.3 is 23.7 Å². The second-order valence-electron chi connectivity index (χ2n) is 11.0. The summed E-state index contributed by atoms with van der Waals surface area (Å²) in [5, 5.41) is 9.66. The van der Waals surface area contributed by atoms with Crippen molar-refractivity contribution >= 4 is 57.5 Å². The molecule has 1 aliphatic carbocycles. The lowest BCUT2D eigenvalue weighted by Crippen LogP contribution is -2.47. The van der Waals surface area contributed by atoms with Crippen molar-refractivity contribution in [1.82, 2.24) is 5.16 Å². The number of ether oxygens (including phenoxy) is 2. The Balaban J connectivity index is 1.09. The first-order chi connectivity index (χ1) is 19.4. The van der Waals surface area contributed by atoms with Crippen molar-refractivity contribution in [3.05, 3.63) is 57.7 Å². The molecule has 1 saturated carbocycles. The predicted molar refractivity (Wildman–Crippen MR) is 148 cm³/mol. The fourth-order valence-electron chi connectivity index (χ4n) is 6.58. The van der Waals surface area contributed by atoms with Crippen molar-refractivity contribution in [2.24, 2.45) is 17.0 Å². The van der Waals surface area contributed by atoms with Crippen LogP contribution in [0.5, 0.6) is 0 Å². The molecule has 3 fully saturated rings. The highest BCUT2D eigenvalue weighted by molar-refractivity contribution is 6.41. The number of nitrogens with zero attached hydrogens (tertiary/aromatic N) is 3. The summed E-state index contributed by atoms with van der Waals surface area (Å²) in [5.74, 6) is -1.27. The first kappa shape index (κ1) is 25.7. The maximum absolute atomic E-state index is 13.7. The molecule has 2 unspecified atom stereocenters. The topological polar surface area (TPSA) is 103 Å². The Kier molecular flexibility index (Phi) is 6.39. The van der Waals surface area contributed by atoms with Crippen LogP contribution < -0.4 is 4.90 Å². The molecule has 4 heterocycles. The van der Waals surface area contributed by atoms with Crippen LogP contribution in [0.4, 0.5) is 5.69 Å². The zero-order valence-corrected chi connectivity index (χ0v) is 23.2. The minimum atomic E-state index is -0.668. The smallest absolute Gasteiger partial charge is 0.360 e. The van der Waals surface area contributed by atoms with E-state index in [1.165, 1.54) is 7.11 Å². The Labute approximate surface area is 240 Å². The molecule has 2 saturated heterocycles. The van der Waals surface area contributed by atoms with Gasteiger partial charge in [0.15, 0.2) is 11.3 Å². The Morgan fingerprint density at radius 2 is 1.75 bits per heavy atom. The van der Waals surface area contributed by atoms with Crippen molar-refractivity contribution in [2.75, 3.05) is 12.0 Å². The number of carbonyl (C=O) groups is 2. The van der Waals surface area contributed by atoms with E-state index < -0.39 is 11.9 Å². The number of esters is 2. The summed E-state index contributed by atoms with van der Waals surface area (Å²) in [6.07, 6.45) is 4.83. The number of anilines is 1. The first-order valence-electron chi connectivity index (χ1n) is 13.6. The van der Waals surface area contributed by atoms with E-state index >= 15 is 0 Å². The van der Waals surface area contributed by atoms with Gasteiger partial charge in [-0.2, -0.15) is 0 Å². The molecule has 0 amide bonds. The van der Waals surface area contributed by atoms with Crippen LogP contribution in [0.1, 0.15) is 54.6 Å². The lowest BCUT2D eigenvalue weighted by atomic mass is 9.89. The van der Waals surface area contributed by atoms with Crippen molar-refractivity contribution in [3.63, 3.8) is 0 Å². The average molecular weight is 584 g/mol. The van der Waals surface area contributed by atoms with Crippen LogP contribution in [0.15, 0.2) is 46.1 Å². The number of oxime groups is 1. The van der Waals surface area contributed by atoms with Crippen LogP contribution in [-0.2, 0) is 19.1 Å². The van der Waals surface area contributed by atoms with Gasteiger partial charge in [0.25, 0.3) is 0 Å². The Morgan fingerprint density at radius 1 is 1.02 bits per heavy atom. The van der Waals surface area contributed by atoms with Crippen molar-refractivity contribution in [2.45, 2.75) is 62.8 Å². The molecular weight excluding hydrogens is 557 g/mol. The van der Waals surface area contributed by atoms with Gasteiger partial charge in [0.2, 0.25) is 0 Å². The van der Waals surface area contributed by atoms with E-state index in [9.17, 15) is 9.59 Å². The largest absolute Gasteiger partial charge is 0.464 e. The molecule has 5 atom stereocenters. The normalized spacial score (nSPS) is 27.4. The van der Waals surface area contributed by atoms with E-state index in [0.717, 1.165) is 31.4 Å². The van der Waals surface area contributed by atoms with Gasteiger partial charge in [0, 0.05) is 42.2 Å². The molecule has 2 aromatic carbocycles. The second-order valence-corrected chi connectivity index (χ2v) is 11.8. The zero-order valence-electron chi connectivity index (χ0n) is 21.7. The van der Waals surface area contributed by atoms with Crippen LogP contribution in [0.3, 0.4) is 0 Å². The number of rotatable bonds is 6. The lowest BCUT2D eigenvalue weighted by molar-refractivity contribution is -0.156. The molecule has 2 bridgehead atoms. The molecule has 11 heteroatoms. The van der Waals surface area contributed by atoms with E-state index in [4.69, 9.17) is 42.0 Å². The summed E-state index contributed by atoms with van der Waals surface area (Å²) >= 11 is 13.0. The highest BCUT2D eigenvalue weighted by Gasteiger charge is 2.51. The van der Waals surface area contributed by atoms with Gasteiger partial charge >= 0.3 is 11.9 Å². The first-order valence-corrected chi connectivity index (χ1v) is 14.3. The summed E-state index contributed by atoms with van der Waals surface area (Å²) in [4.78, 5) is 33.9. The Morgan fingerprint density at radius 3 is 2.42 bits per heavy atom. The number of methoxy groups -OCH3 is 1. The number of fused-ring (bicyclic) bond motifs is 3. The summed E-state index contributed by atoms with van der Waals surface area (Å²) < 4.78 is 16.4. The molecule has 4 aliphatic rings. The summed E-state index contributed by atoms with van der Waals surface area (Å²) in [5.41, 5.74) is 2.67. The third kappa shape index (κ3) is 4.30. The maximum atomic E-state index is 13.7. The number of aromatic nitrogens is 1. The zero-order chi connectivity index (χ0) is 27.5. The number of hydrogen-bond acceptors (Lipinski definition) is 9. The van der Waals surface area contributed by atoms with Gasteiger partial charge in [0.1, 0.15) is 23.8 Å². The fraction of sp³-hybridized carbons (Fsp3) is 0.448. The number of carbonyl (C=O) groups excluding carboxylic acids is 2. The molecule has 40 heavy (non-hydrogen) atoms. The summed E-state index contributed by atoms with van der Waals surface area (Å²) in [7, 11) is 1.32. The Hall–Kier alpha value is -3.30. The van der Waals surface area contributed by atoms with Gasteiger partial charge in [-0.15, -0.1) is 0 Å². The van der Waals surface area contributed by atoms with E-state index in [-0.39, 0.29) is 41.9 Å². The molecule has 9 nitrogen and oxygen atoms in total. The number of halogens is 2. The molecule has 3 aliphatic heterocycles. The van der Waals surface area contributed by atoms with Crippen LogP contribution in [0.25, 0.3) is 11.0 Å². The molecule has 3 aromatic rings. The predicted octanol–water partition coefficient (Wildman–Crippen LogP) is 5.79. The molecule has 0 N–H and O–H groups in total. The molecule has 0 spiro atoms. The summed E-state index contributed by atoms with van der Waals surface area (Å²) in [6, 6.07) is 11.4. The minimum Gasteiger partial charge on any atom is -0.464 e. The van der Waals surface area contributed by atoms with Crippen LogP contribution in [0, 0.1) is 11.8 Å². The van der Waals surface area contributed by atoms with Crippen LogP contribution >= 0.6 is 23.2 Å². The molecular formula is C29H27Cl2N3O6. The van der Waals surface area contributed by atoms with Gasteiger partial charge in [0.05, 0.1) is 22.5 Å². The SMILES string of the molecule is COC(=O)c1noc2cc(N3[C@@H]4CC[C@H]3C[C@@H](OC(=O)C3C(c5c(Cl)cccc5Cl)=NOC3C3CC3)C4)ccc12. The average Bonchev–Trinajstić information content (AvgIpc) is 3.45. The van der Waals surface area contributed by atoms with Crippen LogP contribution in [0.2, 0.25) is 10.0 Å². The van der Waals surface area contributed by atoms with E-state index in [1.807, 2.05) is 18.2 Å². The van der Waals surface area contributed by atoms with Crippen molar-refractivity contribution in [1.29, 1.82) is 0 Å². The highest BCUT2D eigenvalue weighted by atomic mass is 35.5.